The van der Waals surface area contributed by atoms with Crippen LogP contribution in [-0.4, -0.2) is 59.5 Å². The van der Waals surface area contributed by atoms with Crippen molar-refractivity contribution < 1.29 is 87.8 Å². The van der Waals surface area contributed by atoms with Crippen LogP contribution in [-0.2, 0) is 0 Å². The van der Waals surface area contributed by atoms with Crippen LogP contribution in [0.2, 0.25) is 0 Å². The van der Waals surface area contributed by atoms with E-state index >= 15 is 0 Å². The SMILES string of the molecule is C#CC(F)C(F)(F)C(F)(F)C(F)(F)C(F)(F)C(F)(F)C(F)(F)C(F)(F)C(F)(F)C(F)(F)C#CF. The molecule has 0 saturated heterocycles. The fourth-order valence-electron chi connectivity index (χ4n) is 1.79. The van der Waals surface area contributed by atoms with E-state index in [1.165, 1.54) is 0 Å². The third-order valence-electron chi connectivity index (χ3n) is 3.85. The van der Waals surface area contributed by atoms with Crippen LogP contribution in [0, 0.1) is 24.4 Å². The van der Waals surface area contributed by atoms with E-state index in [1.807, 2.05) is 0 Å². The van der Waals surface area contributed by atoms with Gasteiger partial charge in [0.25, 0.3) is 0 Å². The average molecular weight is 550 g/mol. The first-order valence-electron chi connectivity index (χ1n) is 7.17. The van der Waals surface area contributed by atoms with Crippen LogP contribution in [0.3, 0.4) is 0 Å². The summed E-state index contributed by atoms with van der Waals surface area (Å²) >= 11 is 0. The Morgan fingerprint density at radius 1 is 0.471 bits per heavy atom. The van der Waals surface area contributed by atoms with Crippen LogP contribution in [0.1, 0.15) is 0 Å². The Labute approximate surface area is 173 Å². The number of halogens is 20. The molecule has 0 aliphatic carbocycles. The summed E-state index contributed by atoms with van der Waals surface area (Å²) in [6.45, 7) is 0. The van der Waals surface area contributed by atoms with Crippen molar-refractivity contribution in [2.24, 2.45) is 0 Å². The molecule has 0 fully saturated rings. The minimum atomic E-state index is -9.02. The lowest BCUT2D eigenvalue weighted by Crippen LogP contribution is -2.76. The number of alkyl halides is 19. The Bertz CT molecular complexity index is 862. The zero-order valence-corrected chi connectivity index (χ0v) is 14.7. The molecule has 1 unspecified atom stereocenters. The lowest BCUT2D eigenvalue weighted by Gasteiger charge is -2.44. The second-order valence-electron chi connectivity index (χ2n) is 5.97. The molecule has 0 aromatic rings. The smallest absolute Gasteiger partial charge is 0.226 e. The molecule has 0 aliphatic rings. The van der Waals surface area contributed by atoms with Gasteiger partial charge in [0.1, 0.15) is 6.17 Å². The topological polar surface area (TPSA) is 0 Å². The van der Waals surface area contributed by atoms with Crippen molar-refractivity contribution >= 4 is 0 Å². The third-order valence-corrected chi connectivity index (χ3v) is 3.85. The van der Waals surface area contributed by atoms with Crippen LogP contribution in [0.15, 0.2) is 0 Å². The van der Waals surface area contributed by atoms with E-state index < -0.39 is 71.6 Å². The van der Waals surface area contributed by atoms with E-state index in [0.717, 1.165) is 0 Å². The molecule has 0 aliphatic heterocycles. The summed E-state index contributed by atoms with van der Waals surface area (Å²) in [4.78, 5) is 0. The lowest BCUT2D eigenvalue weighted by atomic mass is 9.86. The van der Waals surface area contributed by atoms with E-state index in [4.69, 9.17) is 0 Å². The maximum Gasteiger partial charge on any atom is 0.390 e. The second-order valence-corrected chi connectivity index (χ2v) is 5.97. The monoisotopic (exact) mass is 550 g/mol. The van der Waals surface area contributed by atoms with E-state index in [9.17, 15) is 87.8 Å². The molecule has 0 heterocycles. The molecule has 0 aromatic carbocycles. The standard InChI is InChI=1S/C14H2F20/c1-2-5(16)7(19,20)9(23,24)11(27,28)13(31,32)14(33,34)12(29,30)10(25,26)8(21,22)6(17,18)3-4-15/h1,5H. The van der Waals surface area contributed by atoms with Gasteiger partial charge in [-0.1, -0.05) is 5.92 Å². The highest BCUT2D eigenvalue weighted by Gasteiger charge is 2.96. The van der Waals surface area contributed by atoms with Gasteiger partial charge < -0.3 is 0 Å². The van der Waals surface area contributed by atoms with Crippen LogP contribution < -0.4 is 0 Å². The van der Waals surface area contributed by atoms with Gasteiger partial charge in [-0.05, 0) is 0 Å². The maximum absolute atomic E-state index is 13.4. The van der Waals surface area contributed by atoms with Crippen molar-refractivity contribution in [2.45, 2.75) is 59.5 Å². The molecule has 0 bridgehead atoms. The summed E-state index contributed by atoms with van der Waals surface area (Å²) in [6.07, 6.45) is -2.00. The normalized spacial score (nSPS) is 16.4. The lowest BCUT2D eigenvalue weighted by molar-refractivity contribution is -0.461. The predicted molar refractivity (Wildman–Crippen MR) is 67.1 cm³/mol. The molecule has 0 nitrogen and oxygen atoms in total. The Morgan fingerprint density at radius 3 is 1.00 bits per heavy atom. The van der Waals surface area contributed by atoms with E-state index in [1.54, 1.807) is 0 Å². The second kappa shape index (κ2) is 8.14. The van der Waals surface area contributed by atoms with Crippen molar-refractivity contribution in [3.05, 3.63) is 0 Å². The molecule has 34 heavy (non-hydrogen) atoms. The molecule has 0 amide bonds. The van der Waals surface area contributed by atoms with Gasteiger partial charge in [-0.25, -0.2) is 4.39 Å². The number of terminal acetylenes is 1. The van der Waals surface area contributed by atoms with E-state index in [-0.39, 0.29) is 5.92 Å². The highest BCUT2D eigenvalue weighted by atomic mass is 19.4. The van der Waals surface area contributed by atoms with Gasteiger partial charge in [-0.3, -0.25) is 0 Å². The Hall–Kier alpha value is -2.28. The molecule has 198 valence electrons. The van der Waals surface area contributed by atoms with Crippen LogP contribution in [0.4, 0.5) is 87.8 Å². The molecule has 0 spiro atoms. The van der Waals surface area contributed by atoms with E-state index in [2.05, 4.69) is 6.42 Å². The van der Waals surface area contributed by atoms with Crippen molar-refractivity contribution in [1.29, 1.82) is 0 Å². The molecule has 1 atom stereocenters. The first-order valence-corrected chi connectivity index (χ1v) is 7.17. The number of hydrogen-bond donors (Lipinski definition) is 0. The zero-order chi connectivity index (χ0) is 28.2. The van der Waals surface area contributed by atoms with Gasteiger partial charge in [0.05, 0.1) is 0 Å². The van der Waals surface area contributed by atoms with Gasteiger partial charge in [-0.15, -0.1) is 10.8 Å². The molecule has 0 rings (SSSR count). The summed E-state index contributed by atoms with van der Waals surface area (Å²) in [5, 5.41) is 0. The molecule has 0 saturated carbocycles. The van der Waals surface area contributed by atoms with Crippen molar-refractivity contribution in [3.8, 4) is 24.4 Å². The fourth-order valence-corrected chi connectivity index (χ4v) is 1.79. The van der Waals surface area contributed by atoms with Gasteiger partial charge in [-0.2, -0.15) is 79.0 Å². The Kier molecular flexibility index (Phi) is 7.60. The van der Waals surface area contributed by atoms with Gasteiger partial charge in [0.2, 0.25) is 6.17 Å². The largest absolute Gasteiger partial charge is 0.390 e. The molecule has 0 aromatic heterocycles. The highest BCUT2D eigenvalue weighted by Crippen LogP contribution is 2.65. The van der Waals surface area contributed by atoms with Crippen LogP contribution in [0.5, 0.6) is 0 Å². The van der Waals surface area contributed by atoms with Crippen molar-refractivity contribution in [2.75, 3.05) is 0 Å². The Balaban J connectivity index is 7.07. The van der Waals surface area contributed by atoms with Crippen LogP contribution in [0.25, 0.3) is 0 Å². The number of rotatable bonds is 9. The summed E-state index contributed by atoms with van der Waals surface area (Å²) in [7, 11) is 0. The summed E-state index contributed by atoms with van der Waals surface area (Å²) in [6, 6.07) is 0. The molecule has 0 N–H and O–H groups in total. The third kappa shape index (κ3) is 3.67. The zero-order valence-electron chi connectivity index (χ0n) is 14.7. The van der Waals surface area contributed by atoms with Gasteiger partial charge in [0.15, 0.2) is 0 Å². The van der Waals surface area contributed by atoms with Gasteiger partial charge in [0, 0.05) is 5.92 Å². The molecular formula is C14H2F20. The van der Waals surface area contributed by atoms with Crippen molar-refractivity contribution in [3.63, 3.8) is 0 Å². The summed E-state index contributed by atoms with van der Waals surface area (Å²) in [5.41, 5.74) is 0. The quantitative estimate of drug-likeness (QED) is 0.224. The predicted octanol–water partition coefficient (Wildman–Crippen LogP) is 6.61. The highest BCUT2D eigenvalue weighted by molar-refractivity contribution is 5.22. The molecule has 0 radical (unpaired) electrons. The molecule has 20 heteroatoms. The average Bonchev–Trinajstić information content (AvgIpc) is 2.65. The van der Waals surface area contributed by atoms with Crippen LogP contribution >= 0.6 is 0 Å². The minimum Gasteiger partial charge on any atom is -0.226 e. The minimum absolute atomic E-state index is 0.0800. The summed E-state index contributed by atoms with van der Waals surface area (Å²) in [5.74, 6) is -76.0. The summed E-state index contributed by atoms with van der Waals surface area (Å²) < 4.78 is 262. The number of hydrogen-bond acceptors (Lipinski definition) is 0. The Morgan fingerprint density at radius 2 is 0.735 bits per heavy atom. The maximum atomic E-state index is 13.4. The first-order chi connectivity index (χ1) is 14.5. The van der Waals surface area contributed by atoms with Crippen molar-refractivity contribution in [1.82, 2.24) is 0 Å². The molecular weight excluding hydrogens is 548 g/mol. The first kappa shape index (κ1) is 31.7. The van der Waals surface area contributed by atoms with Gasteiger partial charge >= 0.3 is 53.3 Å². The fraction of sp³-hybridized carbons (Fsp3) is 0.714. The van der Waals surface area contributed by atoms with E-state index in [0.29, 0.717) is 0 Å².